The van der Waals surface area contributed by atoms with Crippen LogP contribution in [0, 0.1) is 0 Å². The van der Waals surface area contributed by atoms with Gasteiger partial charge in [0.1, 0.15) is 5.75 Å². The number of hydrogen-bond acceptors (Lipinski definition) is 6. The Morgan fingerprint density at radius 2 is 1.89 bits per heavy atom. The van der Waals surface area contributed by atoms with E-state index in [1.54, 1.807) is 36.7 Å². The Kier molecular flexibility index (Phi) is 2.96. The van der Waals surface area contributed by atoms with E-state index in [-0.39, 0.29) is 17.5 Å². The molecule has 2 heterocycles. The minimum atomic E-state index is 0.0542. The fourth-order valence-corrected chi connectivity index (χ4v) is 1.87. The van der Waals surface area contributed by atoms with E-state index in [1.165, 1.54) is 0 Å². The maximum absolute atomic E-state index is 9.84. The van der Waals surface area contributed by atoms with Crippen molar-refractivity contribution in [2.24, 2.45) is 0 Å². The van der Waals surface area contributed by atoms with Crippen molar-refractivity contribution in [1.29, 1.82) is 0 Å². The summed E-state index contributed by atoms with van der Waals surface area (Å²) in [5.74, 6) is 0.915. The maximum Gasteiger partial charge on any atom is 0.262 e. The van der Waals surface area contributed by atoms with Gasteiger partial charge in [-0.2, -0.15) is 4.98 Å². The van der Waals surface area contributed by atoms with E-state index in [2.05, 4.69) is 36.0 Å². The van der Waals surface area contributed by atoms with Crippen LogP contribution in [0.4, 0.5) is 0 Å². The van der Waals surface area contributed by atoms with Gasteiger partial charge in [-0.05, 0) is 24.3 Å². The molecule has 7 heteroatoms. The van der Waals surface area contributed by atoms with Crippen molar-refractivity contribution in [2.75, 3.05) is 0 Å². The Morgan fingerprint density at radius 3 is 2.63 bits per heavy atom. The van der Waals surface area contributed by atoms with Crippen LogP contribution in [0.3, 0.4) is 0 Å². The molecule has 0 amide bonds. The van der Waals surface area contributed by atoms with Gasteiger partial charge >= 0.3 is 0 Å². The van der Waals surface area contributed by atoms with E-state index in [9.17, 15) is 5.11 Å². The highest BCUT2D eigenvalue weighted by Gasteiger charge is 2.15. The van der Waals surface area contributed by atoms with E-state index in [0.29, 0.717) is 11.4 Å². The molecule has 2 aromatic heterocycles. The van der Waals surface area contributed by atoms with Gasteiger partial charge < -0.3 is 9.63 Å². The molecule has 1 N–H and O–H groups in total. The lowest BCUT2D eigenvalue weighted by molar-refractivity contribution is 0.425. The molecule has 0 bridgehead atoms. The zero-order valence-corrected chi connectivity index (χ0v) is 11.1. The first-order valence-corrected chi connectivity index (χ1v) is 6.13. The summed E-state index contributed by atoms with van der Waals surface area (Å²) in [5.41, 5.74) is 0.456. The van der Waals surface area contributed by atoms with Gasteiger partial charge in [0.2, 0.25) is 11.6 Å². The summed E-state index contributed by atoms with van der Waals surface area (Å²) in [4.78, 5) is 12.2. The molecule has 19 heavy (non-hydrogen) atoms. The molecule has 3 aromatic rings. The van der Waals surface area contributed by atoms with Crippen molar-refractivity contribution in [3.8, 4) is 28.9 Å². The molecule has 0 fully saturated rings. The van der Waals surface area contributed by atoms with Crippen LogP contribution in [-0.4, -0.2) is 25.2 Å². The third-order valence-corrected chi connectivity index (χ3v) is 2.88. The number of phenolic OH excluding ortho intramolecular Hbond substituents is 1. The lowest BCUT2D eigenvalue weighted by atomic mass is 10.2. The number of hydrogen-bond donors (Lipinski definition) is 1. The monoisotopic (exact) mass is 318 g/mol. The lowest BCUT2D eigenvalue weighted by Crippen LogP contribution is -1.88. The average Bonchev–Trinajstić information content (AvgIpc) is 2.89. The van der Waals surface area contributed by atoms with Crippen LogP contribution >= 0.6 is 15.9 Å². The third kappa shape index (κ3) is 2.32. The highest BCUT2D eigenvalue weighted by molar-refractivity contribution is 9.10. The van der Waals surface area contributed by atoms with Gasteiger partial charge in [-0.25, -0.2) is 9.97 Å². The number of aromatic hydroxyl groups is 1. The van der Waals surface area contributed by atoms with E-state index in [1.807, 2.05) is 0 Å². The average molecular weight is 319 g/mol. The van der Waals surface area contributed by atoms with Crippen molar-refractivity contribution in [3.05, 3.63) is 41.1 Å². The highest BCUT2D eigenvalue weighted by atomic mass is 79.9. The quantitative estimate of drug-likeness (QED) is 0.781. The normalized spacial score (nSPS) is 10.6. The Labute approximate surface area is 116 Å². The number of aromatic nitrogens is 4. The predicted octanol–water partition coefficient (Wildman–Crippen LogP) is 2.66. The number of phenols is 1. The van der Waals surface area contributed by atoms with Gasteiger partial charge in [0, 0.05) is 16.9 Å². The van der Waals surface area contributed by atoms with Gasteiger partial charge in [0.15, 0.2) is 0 Å². The summed E-state index contributed by atoms with van der Waals surface area (Å²) in [7, 11) is 0. The summed E-state index contributed by atoms with van der Waals surface area (Å²) in [6, 6.07) is 6.71. The third-order valence-electron chi connectivity index (χ3n) is 2.38. The Balaban J connectivity index is 2.02. The van der Waals surface area contributed by atoms with E-state index < -0.39 is 0 Å². The van der Waals surface area contributed by atoms with Crippen LogP contribution in [-0.2, 0) is 0 Å². The van der Waals surface area contributed by atoms with Gasteiger partial charge in [-0.1, -0.05) is 21.1 Å². The summed E-state index contributed by atoms with van der Waals surface area (Å²) >= 11 is 3.26. The minimum absolute atomic E-state index is 0.0542. The van der Waals surface area contributed by atoms with Crippen LogP contribution < -0.4 is 0 Å². The van der Waals surface area contributed by atoms with Crippen molar-refractivity contribution >= 4 is 15.9 Å². The molecule has 94 valence electrons. The van der Waals surface area contributed by atoms with Crippen LogP contribution in [0.5, 0.6) is 5.75 Å². The van der Waals surface area contributed by atoms with Crippen LogP contribution in [0.25, 0.3) is 23.1 Å². The van der Waals surface area contributed by atoms with Crippen molar-refractivity contribution in [3.63, 3.8) is 0 Å². The molecule has 3 rings (SSSR count). The lowest BCUT2D eigenvalue weighted by Gasteiger charge is -1.98. The summed E-state index contributed by atoms with van der Waals surface area (Å²) in [6.45, 7) is 0. The van der Waals surface area contributed by atoms with E-state index in [0.717, 1.165) is 4.47 Å². The standard InChI is InChI=1S/C12H7BrN4O2/c13-7-2-3-8(9(18)6-7)12-16-11(17-19-12)10-14-4-1-5-15-10/h1-6,18H. The zero-order chi connectivity index (χ0) is 13.2. The first-order chi connectivity index (χ1) is 9.24. The molecule has 0 unspecified atom stereocenters. The number of nitrogens with zero attached hydrogens (tertiary/aromatic N) is 4. The Morgan fingerprint density at radius 1 is 1.11 bits per heavy atom. The molecule has 0 aliphatic rings. The highest BCUT2D eigenvalue weighted by Crippen LogP contribution is 2.31. The van der Waals surface area contributed by atoms with Gasteiger partial charge in [0.05, 0.1) is 5.56 Å². The van der Waals surface area contributed by atoms with Gasteiger partial charge in [-0.3, -0.25) is 0 Å². The molecule has 0 aliphatic carbocycles. The van der Waals surface area contributed by atoms with Crippen molar-refractivity contribution in [2.45, 2.75) is 0 Å². The zero-order valence-electron chi connectivity index (χ0n) is 9.49. The first-order valence-electron chi connectivity index (χ1n) is 5.34. The SMILES string of the molecule is Oc1cc(Br)ccc1-c1nc(-c2ncccn2)no1. The topological polar surface area (TPSA) is 84.9 Å². The first kappa shape index (κ1) is 11.8. The molecule has 1 aromatic carbocycles. The van der Waals surface area contributed by atoms with Gasteiger partial charge in [0.25, 0.3) is 5.89 Å². The molecule has 0 aliphatic heterocycles. The predicted molar refractivity (Wildman–Crippen MR) is 70.1 cm³/mol. The second-order valence-electron chi connectivity index (χ2n) is 3.66. The fourth-order valence-electron chi connectivity index (χ4n) is 1.52. The molecule has 6 nitrogen and oxygen atoms in total. The number of benzene rings is 1. The van der Waals surface area contributed by atoms with Crippen molar-refractivity contribution < 1.29 is 9.63 Å². The smallest absolute Gasteiger partial charge is 0.262 e. The molecule has 0 radical (unpaired) electrons. The number of halogens is 1. The molecule has 0 saturated heterocycles. The summed E-state index contributed by atoms with van der Waals surface area (Å²) in [5, 5.41) is 13.6. The minimum Gasteiger partial charge on any atom is -0.507 e. The molecular formula is C12H7BrN4O2. The molecular weight excluding hydrogens is 312 g/mol. The summed E-state index contributed by atoms with van der Waals surface area (Å²) < 4.78 is 5.87. The molecule has 0 atom stereocenters. The second-order valence-corrected chi connectivity index (χ2v) is 4.57. The maximum atomic E-state index is 9.84. The van der Waals surface area contributed by atoms with E-state index in [4.69, 9.17) is 4.52 Å². The Hall–Kier alpha value is -2.28. The summed E-state index contributed by atoms with van der Waals surface area (Å²) in [6.07, 6.45) is 3.19. The molecule has 0 saturated carbocycles. The van der Waals surface area contributed by atoms with Crippen LogP contribution in [0.1, 0.15) is 0 Å². The largest absolute Gasteiger partial charge is 0.507 e. The van der Waals surface area contributed by atoms with E-state index >= 15 is 0 Å². The molecule has 0 spiro atoms. The second kappa shape index (κ2) is 4.77. The van der Waals surface area contributed by atoms with Gasteiger partial charge in [-0.15, -0.1) is 0 Å². The number of rotatable bonds is 2. The van der Waals surface area contributed by atoms with Crippen LogP contribution in [0.2, 0.25) is 0 Å². The van der Waals surface area contributed by atoms with Crippen LogP contribution in [0.15, 0.2) is 45.7 Å². The van der Waals surface area contributed by atoms with Crippen molar-refractivity contribution in [1.82, 2.24) is 20.1 Å². The fraction of sp³-hybridized carbons (Fsp3) is 0. The Bertz CT molecular complexity index is 715.